The Morgan fingerprint density at radius 2 is 1.80 bits per heavy atom. The van der Waals surface area contributed by atoms with Crippen molar-refractivity contribution < 1.29 is 22.9 Å². The molecular weight excluding hydrogens is 337 g/mol. The number of hydrogen-bond donors (Lipinski definition) is 1. The molecule has 0 amide bonds. The van der Waals surface area contributed by atoms with E-state index in [1.54, 1.807) is 18.2 Å². The van der Waals surface area contributed by atoms with Crippen molar-refractivity contribution in [2.75, 3.05) is 0 Å². The van der Waals surface area contributed by atoms with Crippen molar-refractivity contribution in [1.29, 1.82) is 0 Å². The molecule has 0 aliphatic rings. The number of nitrogens with one attached hydrogen (secondary N) is 1. The van der Waals surface area contributed by atoms with Crippen molar-refractivity contribution in [1.82, 2.24) is 4.98 Å². The average Bonchev–Trinajstić information content (AvgIpc) is 2.94. The summed E-state index contributed by atoms with van der Waals surface area (Å²) >= 11 is 0. The number of H-pyrrole nitrogens is 1. The largest absolute Gasteiger partial charge is 0.419 e. The minimum absolute atomic E-state index is 0.106. The summed E-state index contributed by atoms with van der Waals surface area (Å²) in [6.45, 7) is 1.08. The van der Waals surface area contributed by atoms with Gasteiger partial charge in [0.1, 0.15) is 0 Å². The van der Waals surface area contributed by atoms with E-state index in [4.69, 9.17) is 0 Å². The second kappa shape index (κ2) is 5.73. The highest BCUT2D eigenvalue weighted by Gasteiger charge is 2.39. The number of ketones is 1. The van der Waals surface area contributed by atoms with Gasteiger partial charge in [-0.15, -0.1) is 0 Å². The fraction of sp³-hybridized carbons (Fsp3) is 0.118. The molecule has 0 aliphatic heterocycles. The Labute approximate surface area is 139 Å². The summed E-state index contributed by atoms with van der Waals surface area (Å²) in [5.74, 6) is -0.683. The van der Waals surface area contributed by atoms with E-state index in [1.165, 1.54) is 12.1 Å². The van der Waals surface area contributed by atoms with Crippen LogP contribution < -0.4 is 0 Å². The van der Waals surface area contributed by atoms with Crippen LogP contribution in [0.1, 0.15) is 22.8 Å². The molecular formula is C17H11F3N2O3. The van der Waals surface area contributed by atoms with Gasteiger partial charge in [-0.25, -0.2) is 0 Å². The Morgan fingerprint density at radius 1 is 1.16 bits per heavy atom. The number of Topliss-reactive ketones (excluding diaryl/α,β-unsaturated/α-hetero) is 1. The number of carbonyl (C=O) groups is 1. The van der Waals surface area contributed by atoms with Crippen molar-refractivity contribution >= 4 is 22.4 Å². The summed E-state index contributed by atoms with van der Waals surface area (Å²) in [5.41, 5.74) is -1.86. The molecule has 0 unspecified atom stereocenters. The number of halogens is 3. The highest BCUT2D eigenvalue weighted by Crippen LogP contribution is 2.44. The molecule has 1 aromatic heterocycles. The maximum atomic E-state index is 13.7. The van der Waals surface area contributed by atoms with Gasteiger partial charge in [-0.05, 0) is 12.5 Å². The van der Waals surface area contributed by atoms with E-state index >= 15 is 0 Å². The smallest absolute Gasteiger partial charge is 0.354 e. The van der Waals surface area contributed by atoms with Crippen LogP contribution in [0.5, 0.6) is 0 Å². The van der Waals surface area contributed by atoms with Crippen LogP contribution in [0.4, 0.5) is 18.9 Å². The molecule has 2 aromatic carbocycles. The van der Waals surface area contributed by atoms with Gasteiger partial charge in [0, 0.05) is 23.1 Å². The van der Waals surface area contributed by atoms with Crippen LogP contribution in [0, 0.1) is 10.1 Å². The van der Waals surface area contributed by atoms with Crippen LogP contribution in [-0.2, 0) is 6.18 Å². The zero-order valence-corrected chi connectivity index (χ0v) is 12.8. The number of aromatic amines is 1. The number of aromatic nitrogens is 1. The van der Waals surface area contributed by atoms with E-state index in [2.05, 4.69) is 4.98 Å². The van der Waals surface area contributed by atoms with Crippen molar-refractivity contribution in [3.8, 4) is 11.3 Å². The lowest BCUT2D eigenvalue weighted by atomic mass is 9.99. The number of non-ortho nitro benzene ring substituents is 1. The molecule has 0 spiro atoms. The Balaban J connectivity index is 2.48. The Morgan fingerprint density at radius 3 is 2.32 bits per heavy atom. The van der Waals surface area contributed by atoms with Crippen LogP contribution in [0.25, 0.3) is 22.2 Å². The van der Waals surface area contributed by atoms with Crippen LogP contribution >= 0.6 is 0 Å². The van der Waals surface area contributed by atoms with Crippen molar-refractivity contribution in [2.24, 2.45) is 0 Å². The number of fused-ring (bicyclic) bond motifs is 1. The van der Waals surface area contributed by atoms with Gasteiger partial charge in [0.2, 0.25) is 0 Å². The van der Waals surface area contributed by atoms with Gasteiger partial charge in [0.05, 0.1) is 21.7 Å². The molecule has 128 valence electrons. The summed E-state index contributed by atoms with van der Waals surface area (Å²) in [6.07, 6.45) is -4.75. The molecule has 0 aliphatic carbocycles. The van der Waals surface area contributed by atoms with E-state index in [0.29, 0.717) is 0 Å². The topological polar surface area (TPSA) is 76.0 Å². The van der Waals surface area contributed by atoms with Gasteiger partial charge in [-0.3, -0.25) is 14.9 Å². The molecule has 0 radical (unpaired) electrons. The number of hydrogen-bond acceptors (Lipinski definition) is 3. The maximum Gasteiger partial charge on any atom is 0.419 e. The fourth-order valence-electron chi connectivity index (χ4n) is 2.80. The average molecular weight is 348 g/mol. The summed E-state index contributed by atoms with van der Waals surface area (Å²) < 4.78 is 41.2. The van der Waals surface area contributed by atoms with Gasteiger partial charge in [0.15, 0.2) is 5.78 Å². The molecule has 5 nitrogen and oxygen atoms in total. The van der Waals surface area contributed by atoms with Crippen LogP contribution in [0.2, 0.25) is 0 Å². The van der Waals surface area contributed by atoms with E-state index < -0.39 is 28.1 Å². The lowest BCUT2D eigenvalue weighted by Crippen LogP contribution is -2.08. The van der Waals surface area contributed by atoms with E-state index in [1.807, 2.05) is 0 Å². The Kier molecular flexibility index (Phi) is 3.82. The number of alkyl halides is 3. The van der Waals surface area contributed by atoms with Gasteiger partial charge in [-0.1, -0.05) is 30.3 Å². The lowest BCUT2D eigenvalue weighted by Gasteiger charge is -2.10. The lowest BCUT2D eigenvalue weighted by molar-refractivity contribution is -0.384. The Hall–Kier alpha value is -3.16. The third-order valence-corrected chi connectivity index (χ3v) is 3.82. The molecule has 8 heteroatoms. The van der Waals surface area contributed by atoms with E-state index in [-0.39, 0.29) is 27.7 Å². The van der Waals surface area contributed by atoms with Gasteiger partial charge < -0.3 is 4.98 Å². The maximum absolute atomic E-state index is 13.7. The highest BCUT2D eigenvalue weighted by atomic mass is 19.4. The molecule has 25 heavy (non-hydrogen) atoms. The molecule has 1 N–H and O–H groups in total. The summed E-state index contributed by atoms with van der Waals surface area (Å²) in [5, 5.41) is 10.7. The number of nitro benzene ring substituents is 1. The molecule has 3 rings (SSSR count). The first-order chi connectivity index (χ1) is 11.7. The predicted molar refractivity (Wildman–Crippen MR) is 85.4 cm³/mol. The number of benzene rings is 2. The molecule has 0 bridgehead atoms. The van der Waals surface area contributed by atoms with E-state index in [9.17, 15) is 28.1 Å². The van der Waals surface area contributed by atoms with Crippen molar-refractivity contribution in [3.05, 3.63) is 63.7 Å². The van der Waals surface area contributed by atoms with Crippen LogP contribution in [-0.4, -0.2) is 15.7 Å². The molecule has 0 fully saturated rings. The second-order valence-electron chi connectivity index (χ2n) is 5.47. The first-order valence-electron chi connectivity index (χ1n) is 7.18. The minimum Gasteiger partial charge on any atom is -0.354 e. The molecule has 1 heterocycles. The zero-order chi connectivity index (χ0) is 18.4. The van der Waals surface area contributed by atoms with E-state index in [0.717, 1.165) is 19.1 Å². The zero-order valence-electron chi connectivity index (χ0n) is 12.8. The van der Waals surface area contributed by atoms with Crippen LogP contribution in [0.15, 0.2) is 42.5 Å². The Bertz CT molecular complexity index is 992. The van der Waals surface area contributed by atoms with Gasteiger partial charge in [-0.2, -0.15) is 13.2 Å². The first-order valence-corrected chi connectivity index (χ1v) is 7.18. The van der Waals surface area contributed by atoms with Crippen molar-refractivity contribution in [3.63, 3.8) is 0 Å². The minimum atomic E-state index is -4.75. The highest BCUT2D eigenvalue weighted by molar-refractivity contribution is 6.10. The SMILES string of the molecule is CC(=O)c1cc([N+](=O)[O-])cc2[nH]c(-c3ccccc3)c(C(F)(F)F)c12. The first kappa shape index (κ1) is 16.7. The fourth-order valence-corrected chi connectivity index (χ4v) is 2.80. The number of nitro groups is 1. The predicted octanol–water partition coefficient (Wildman–Crippen LogP) is 4.96. The third-order valence-electron chi connectivity index (χ3n) is 3.82. The van der Waals surface area contributed by atoms with Gasteiger partial charge in [0.25, 0.3) is 5.69 Å². The monoisotopic (exact) mass is 348 g/mol. The second-order valence-corrected chi connectivity index (χ2v) is 5.47. The molecule has 3 aromatic rings. The summed E-state index contributed by atoms with van der Waals surface area (Å²) in [4.78, 5) is 24.7. The summed E-state index contributed by atoms with van der Waals surface area (Å²) in [7, 11) is 0. The molecule has 0 saturated heterocycles. The standard InChI is InChI=1S/C17H11F3N2O3/c1-9(23)12-7-11(22(24)25)8-13-14(12)15(17(18,19)20)16(21-13)10-5-3-2-4-6-10/h2-8,21H,1H3. The number of nitrogens with zero attached hydrogens (tertiary/aromatic N) is 1. The van der Waals surface area contributed by atoms with Crippen molar-refractivity contribution in [2.45, 2.75) is 13.1 Å². The number of rotatable bonds is 3. The third kappa shape index (κ3) is 2.86. The molecule has 0 atom stereocenters. The quantitative estimate of drug-likeness (QED) is 0.413. The summed E-state index contributed by atoms with van der Waals surface area (Å²) in [6, 6.07) is 9.67. The van der Waals surface area contributed by atoms with Crippen LogP contribution in [0.3, 0.4) is 0 Å². The number of carbonyl (C=O) groups excluding carboxylic acids is 1. The molecule has 0 saturated carbocycles. The normalized spacial score (nSPS) is 11.7. The van der Waals surface area contributed by atoms with Gasteiger partial charge >= 0.3 is 6.18 Å².